The predicted octanol–water partition coefficient (Wildman–Crippen LogP) is 8.20. The van der Waals surface area contributed by atoms with Crippen molar-refractivity contribution in [2.45, 2.75) is 30.9 Å². The molecule has 0 amide bonds. The van der Waals surface area contributed by atoms with Gasteiger partial charge in [-0.25, -0.2) is 12.4 Å². The number of hydrogen-bond acceptors (Lipinski definition) is 5. The molecule has 2 bridgehead atoms. The van der Waals surface area contributed by atoms with Crippen molar-refractivity contribution in [3.63, 3.8) is 0 Å². The molecule has 2 atom stereocenters. The van der Waals surface area contributed by atoms with Crippen molar-refractivity contribution in [3.8, 4) is 22.8 Å². The van der Waals surface area contributed by atoms with Crippen LogP contribution < -0.4 is 9.47 Å². The smallest absolute Gasteiger partial charge is 0.268 e. The maximum Gasteiger partial charge on any atom is 0.268 e. The summed E-state index contributed by atoms with van der Waals surface area (Å²) < 4.78 is 43.8. The zero-order valence-electron chi connectivity index (χ0n) is 25.1. The van der Waals surface area contributed by atoms with E-state index in [-0.39, 0.29) is 4.90 Å². The lowest BCUT2D eigenvalue weighted by molar-refractivity contribution is 0.267. The van der Waals surface area contributed by atoms with Gasteiger partial charge in [0.15, 0.2) is 6.10 Å². The molecule has 0 saturated carbocycles. The number of fused-ring (bicyclic) bond motifs is 1. The molecule has 0 aliphatic carbocycles. The third-order valence-corrected chi connectivity index (χ3v) is 10.6. The van der Waals surface area contributed by atoms with Crippen molar-refractivity contribution < 1.29 is 17.9 Å². The topological polar surface area (TPSA) is 69.9 Å². The van der Waals surface area contributed by atoms with E-state index in [0.717, 1.165) is 50.0 Å². The molecule has 1 aromatic heterocycles. The van der Waals surface area contributed by atoms with Gasteiger partial charge in [-0.1, -0.05) is 90.5 Å². The first kappa shape index (κ1) is 27.4. The number of rotatable bonds is 5. The average Bonchev–Trinajstić information content (AvgIpc) is 3.41. The Morgan fingerprint density at radius 3 is 2.16 bits per heavy atom. The van der Waals surface area contributed by atoms with Crippen LogP contribution >= 0.6 is 0 Å². The van der Waals surface area contributed by atoms with E-state index >= 15 is 0 Å². The molecule has 0 spiro atoms. The second-order valence-electron chi connectivity index (χ2n) is 11.6. The van der Waals surface area contributed by atoms with Crippen LogP contribution in [0.4, 0.5) is 0 Å². The molecule has 7 heteroatoms. The Balaban J connectivity index is 1.55. The first-order valence-corrected chi connectivity index (χ1v) is 16.3. The number of nitrogens with zero attached hydrogens (tertiary/aromatic N) is 2. The zero-order valence-corrected chi connectivity index (χ0v) is 25.9. The van der Waals surface area contributed by atoms with Crippen molar-refractivity contribution in [2.24, 2.45) is 4.99 Å². The van der Waals surface area contributed by atoms with Gasteiger partial charge in [-0.15, -0.1) is 0 Å². The third-order valence-electron chi connectivity index (χ3n) is 8.85. The summed E-state index contributed by atoms with van der Waals surface area (Å²) in [6, 6.07) is 36.1. The number of methoxy groups -OCH3 is 1. The fourth-order valence-corrected chi connectivity index (χ4v) is 8.22. The fraction of sp³-hybridized carbons (Fsp3) is 0.132. The molecule has 2 aliphatic heterocycles. The number of benzene rings is 5. The van der Waals surface area contributed by atoms with E-state index in [4.69, 9.17) is 14.5 Å². The van der Waals surface area contributed by atoms with E-state index in [0.29, 0.717) is 22.7 Å². The van der Waals surface area contributed by atoms with Crippen LogP contribution in [0.3, 0.4) is 0 Å². The molecular weight excluding hydrogens is 580 g/mol. The maximum absolute atomic E-state index is 14.8. The summed E-state index contributed by atoms with van der Waals surface area (Å²) in [7, 11) is -2.40. The normalized spacial score (nSPS) is 16.8. The summed E-state index contributed by atoms with van der Waals surface area (Å²) in [6.45, 7) is 3.95. The molecule has 3 heterocycles. The maximum atomic E-state index is 14.8. The van der Waals surface area contributed by atoms with Gasteiger partial charge in [0.25, 0.3) is 10.0 Å². The lowest BCUT2D eigenvalue weighted by Gasteiger charge is -2.35. The number of aliphatic imine (C=N–C) groups is 1. The molecule has 0 N–H and O–H groups in total. The lowest BCUT2D eigenvalue weighted by Crippen LogP contribution is -2.29. The molecule has 0 saturated heterocycles. The minimum atomic E-state index is -4.06. The van der Waals surface area contributed by atoms with Crippen molar-refractivity contribution in [2.75, 3.05) is 7.11 Å². The number of aryl methyl sites for hydroxylation is 2. The monoisotopic (exact) mass is 610 g/mol. The van der Waals surface area contributed by atoms with E-state index in [2.05, 4.69) is 0 Å². The van der Waals surface area contributed by atoms with E-state index < -0.39 is 22.2 Å². The number of hydrogen-bond donors (Lipinski definition) is 0. The first-order chi connectivity index (χ1) is 21.9. The first-order valence-electron chi connectivity index (χ1n) is 14.9. The highest BCUT2D eigenvalue weighted by molar-refractivity contribution is 7.90. The molecule has 0 radical (unpaired) electrons. The predicted molar refractivity (Wildman–Crippen MR) is 177 cm³/mol. The van der Waals surface area contributed by atoms with E-state index in [1.807, 2.05) is 117 Å². The highest BCUT2D eigenvalue weighted by Crippen LogP contribution is 2.53. The summed E-state index contributed by atoms with van der Waals surface area (Å²) in [4.78, 5) is 5.65. The molecule has 6 nitrogen and oxygen atoms in total. The van der Waals surface area contributed by atoms with Gasteiger partial charge in [0.05, 0.1) is 28.9 Å². The van der Waals surface area contributed by atoms with Gasteiger partial charge in [-0.05, 0) is 66.4 Å². The van der Waals surface area contributed by atoms with Crippen molar-refractivity contribution in [1.29, 1.82) is 0 Å². The molecule has 45 heavy (non-hydrogen) atoms. The van der Waals surface area contributed by atoms with Crippen LogP contribution in [0.2, 0.25) is 0 Å². The molecule has 8 rings (SSSR count). The zero-order chi connectivity index (χ0) is 30.9. The average molecular weight is 611 g/mol. The Kier molecular flexibility index (Phi) is 6.22. The minimum absolute atomic E-state index is 0.217. The summed E-state index contributed by atoms with van der Waals surface area (Å²) in [5.41, 5.74) is 8.24. The molecule has 5 aromatic carbocycles. The molecule has 2 aliphatic rings. The summed E-state index contributed by atoms with van der Waals surface area (Å²) in [5.74, 6) is 1.37. The Hall–Kier alpha value is -5.14. The van der Waals surface area contributed by atoms with Gasteiger partial charge in [-0.3, -0.25) is 4.99 Å². The van der Waals surface area contributed by atoms with Crippen LogP contribution in [0.15, 0.2) is 125 Å². The summed E-state index contributed by atoms with van der Waals surface area (Å²) in [6.07, 6.45) is -0.525. The Labute approximate surface area is 262 Å². The highest BCUT2D eigenvalue weighted by atomic mass is 32.2. The number of ether oxygens (including phenoxy) is 2. The van der Waals surface area contributed by atoms with Crippen LogP contribution in [0.25, 0.3) is 22.2 Å². The van der Waals surface area contributed by atoms with Gasteiger partial charge in [0.2, 0.25) is 0 Å². The van der Waals surface area contributed by atoms with Crippen LogP contribution in [0.5, 0.6) is 11.5 Å². The fourth-order valence-electron chi connectivity index (χ4n) is 6.68. The van der Waals surface area contributed by atoms with Gasteiger partial charge in [-0.2, -0.15) is 0 Å². The Morgan fingerprint density at radius 2 is 1.47 bits per heavy atom. The quantitative estimate of drug-likeness (QED) is 0.197. The second-order valence-corrected chi connectivity index (χ2v) is 13.4. The lowest BCUT2D eigenvalue weighted by atomic mass is 9.82. The van der Waals surface area contributed by atoms with E-state index in [9.17, 15) is 8.42 Å². The van der Waals surface area contributed by atoms with Crippen LogP contribution in [-0.2, 0) is 10.0 Å². The molecule has 0 fully saturated rings. The van der Waals surface area contributed by atoms with Gasteiger partial charge >= 0.3 is 0 Å². The third kappa shape index (κ3) is 4.15. The minimum Gasteiger partial charge on any atom is -0.497 e. The van der Waals surface area contributed by atoms with Gasteiger partial charge in [0, 0.05) is 16.5 Å². The molecule has 0 unspecified atom stereocenters. The van der Waals surface area contributed by atoms with Crippen molar-refractivity contribution >= 4 is 26.6 Å². The van der Waals surface area contributed by atoms with Gasteiger partial charge in [0.1, 0.15) is 17.5 Å². The van der Waals surface area contributed by atoms with E-state index in [1.54, 1.807) is 19.2 Å². The van der Waals surface area contributed by atoms with Crippen LogP contribution in [0, 0.1) is 13.8 Å². The van der Waals surface area contributed by atoms with Gasteiger partial charge < -0.3 is 9.47 Å². The summed E-state index contributed by atoms with van der Waals surface area (Å²) in [5, 5.41) is 0.761. The Bertz CT molecular complexity index is 2260. The van der Waals surface area contributed by atoms with Crippen molar-refractivity contribution in [1.82, 2.24) is 3.97 Å². The Morgan fingerprint density at radius 1 is 0.778 bits per heavy atom. The molecule has 6 aromatic rings. The number of aromatic nitrogens is 1. The standard InChI is InChI=1S/C38H30N2O4S/c1-23-14-18-28(19-15-23)45(41,42)40-31-21-16-24(2)37-32(31)33(36(40)26-12-8-5-9-13-26)35-29-20-17-27(43-3)22-30(29)38(44-37)34(39-35)25-10-6-4-7-11-25/h4-22,35,38H,1-3H3/t35-,38+/m0/s1. The van der Waals surface area contributed by atoms with Crippen LogP contribution in [-0.4, -0.2) is 25.2 Å². The van der Waals surface area contributed by atoms with E-state index in [1.165, 1.54) is 3.97 Å². The van der Waals surface area contributed by atoms with Crippen LogP contribution in [0.1, 0.15) is 45.5 Å². The molecule has 222 valence electrons. The highest BCUT2D eigenvalue weighted by Gasteiger charge is 2.42. The summed E-state index contributed by atoms with van der Waals surface area (Å²) >= 11 is 0. The largest absolute Gasteiger partial charge is 0.497 e. The second kappa shape index (κ2) is 10.2. The molecular formula is C38H30N2O4S. The SMILES string of the molecule is COc1ccc2c(c1)[C@H]1Oc3c(C)ccc4c3c(c(-c3ccccc3)n4S(=O)(=O)c3ccc(C)cc3)[C@H]2N=C1c1ccccc1. The van der Waals surface area contributed by atoms with Crippen molar-refractivity contribution in [3.05, 3.63) is 149 Å².